The number of hydrogen-bond acceptors (Lipinski definition) is 1. The third kappa shape index (κ3) is 3.02. The molecule has 3 heteroatoms. The summed E-state index contributed by atoms with van der Waals surface area (Å²) in [7, 11) is 0. The van der Waals surface area contributed by atoms with Gasteiger partial charge >= 0.3 is 0 Å². The first-order valence-corrected chi connectivity index (χ1v) is 6.45. The van der Waals surface area contributed by atoms with Crippen LogP contribution in [0.1, 0.15) is 23.7 Å². The van der Waals surface area contributed by atoms with Crippen LogP contribution in [0.25, 0.3) is 16.2 Å². The fourth-order valence-electron chi connectivity index (χ4n) is 2.02. The highest BCUT2D eigenvalue weighted by Gasteiger charge is 2.07. The molecule has 0 spiro atoms. The van der Waals surface area contributed by atoms with Crippen LogP contribution in [-0.4, -0.2) is 4.98 Å². The highest BCUT2D eigenvalue weighted by molar-refractivity contribution is 6.48. The zero-order chi connectivity index (χ0) is 14.0. The molecule has 1 aromatic heterocycles. The van der Waals surface area contributed by atoms with Gasteiger partial charge in [-0.1, -0.05) is 23.7 Å². The Morgan fingerprint density at radius 2 is 1.89 bits per heavy atom. The summed E-state index contributed by atoms with van der Waals surface area (Å²) in [6.07, 6.45) is 3.53. The van der Waals surface area contributed by atoms with Gasteiger partial charge in [0.2, 0.25) is 0 Å². The van der Waals surface area contributed by atoms with Gasteiger partial charge in [-0.3, -0.25) is 4.98 Å². The Morgan fingerprint density at radius 3 is 2.47 bits per heavy atom. The topological polar surface area (TPSA) is 12.9 Å². The first kappa shape index (κ1) is 13.8. The molecule has 1 nitrogen and oxygen atoms in total. The quantitative estimate of drug-likeness (QED) is 0.743. The molecule has 0 aliphatic carbocycles. The first-order chi connectivity index (χ1) is 9.01. The van der Waals surface area contributed by atoms with E-state index in [-0.39, 0.29) is 5.82 Å². The molecule has 0 bridgehead atoms. The second-order valence-corrected chi connectivity index (χ2v) is 4.95. The Bertz CT molecular complexity index is 627. The van der Waals surface area contributed by atoms with Crippen LogP contribution in [0.5, 0.6) is 0 Å². The van der Waals surface area contributed by atoms with Gasteiger partial charge in [-0.15, -0.1) is 0 Å². The Labute approximate surface area is 117 Å². The highest BCUT2D eigenvalue weighted by atomic mass is 35.5. The lowest BCUT2D eigenvalue weighted by atomic mass is 10.0. The van der Waals surface area contributed by atoms with Crippen LogP contribution >= 0.6 is 11.6 Å². The van der Waals surface area contributed by atoms with Gasteiger partial charge < -0.3 is 0 Å². The third-order valence-electron chi connectivity index (χ3n) is 2.93. The van der Waals surface area contributed by atoms with Crippen molar-refractivity contribution in [3.05, 3.63) is 59.2 Å². The van der Waals surface area contributed by atoms with E-state index in [1.807, 2.05) is 39.0 Å². The van der Waals surface area contributed by atoms with E-state index in [0.29, 0.717) is 5.03 Å². The summed E-state index contributed by atoms with van der Waals surface area (Å²) in [6, 6.07) is 6.94. The van der Waals surface area contributed by atoms with Crippen LogP contribution in [-0.2, 0) is 0 Å². The SMILES string of the molecule is C/C=C(/Cl)c1ncc(-c2cc(C)cc(F)c2)cc1C. The minimum absolute atomic E-state index is 0.233. The summed E-state index contributed by atoms with van der Waals surface area (Å²) < 4.78 is 13.4. The standard InChI is InChI=1S/C16H15ClFN/c1-4-15(17)16-11(3)7-13(9-19-16)12-5-10(2)6-14(18)8-12/h4-9H,1-3H3/b15-4+. The zero-order valence-corrected chi connectivity index (χ0v) is 11.9. The predicted octanol–water partition coefficient (Wildman–Crippen LogP) is 5.10. The monoisotopic (exact) mass is 275 g/mol. The van der Waals surface area contributed by atoms with Crippen LogP contribution < -0.4 is 0 Å². The second-order valence-electron chi connectivity index (χ2n) is 4.54. The van der Waals surface area contributed by atoms with Crippen LogP contribution in [0.2, 0.25) is 0 Å². The first-order valence-electron chi connectivity index (χ1n) is 6.07. The number of aryl methyl sites for hydroxylation is 2. The molecule has 0 aliphatic rings. The molecular weight excluding hydrogens is 261 g/mol. The number of rotatable bonds is 2. The number of hydrogen-bond donors (Lipinski definition) is 0. The minimum Gasteiger partial charge on any atom is -0.254 e. The van der Waals surface area contributed by atoms with Crippen molar-refractivity contribution in [2.75, 3.05) is 0 Å². The third-order valence-corrected chi connectivity index (χ3v) is 3.33. The molecule has 0 saturated carbocycles. The molecule has 2 aromatic rings. The molecule has 0 atom stereocenters. The van der Waals surface area contributed by atoms with Crippen LogP contribution in [0.15, 0.2) is 36.5 Å². The molecule has 0 unspecified atom stereocenters. The van der Waals surface area contributed by atoms with E-state index in [2.05, 4.69) is 4.98 Å². The summed E-state index contributed by atoms with van der Waals surface area (Å²) >= 11 is 6.08. The molecule has 0 radical (unpaired) electrons. The average molecular weight is 276 g/mol. The Kier molecular flexibility index (Phi) is 4.01. The number of allylic oxidation sites excluding steroid dienone is 1. The van der Waals surface area contributed by atoms with E-state index in [0.717, 1.165) is 27.9 Å². The largest absolute Gasteiger partial charge is 0.254 e. The van der Waals surface area contributed by atoms with Gasteiger partial charge in [0.25, 0.3) is 0 Å². The molecule has 98 valence electrons. The molecule has 2 rings (SSSR count). The normalized spacial score (nSPS) is 11.7. The summed E-state index contributed by atoms with van der Waals surface area (Å²) in [5, 5.41) is 0.625. The number of halogens is 2. The summed E-state index contributed by atoms with van der Waals surface area (Å²) in [5.41, 5.74) is 4.35. The highest BCUT2D eigenvalue weighted by Crippen LogP contribution is 2.26. The molecule has 1 aromatic carbocycles. The second kappa shape index (κ2) is 5.54. The lowest BCUT2D eigenvalue weighted by Crippen LogP contribution is -1.92. The maximum atomic E-state index is 13.4. The maximum Gasteiger partial charge on any atom is 0.124 e. The van der Waals surface area contributed by atoms with E-state index >= 15 is 0 Å². The smallest absolute Gasteiger partial charge is 0.124 e. The van der Waals surface area contributed by atoms with Gasteiger partial charge in [0.15, 0.2) is 0 Å². The van der Waals surface area contributed by atoms with Gasteiger partial charge in [0.05, 0.1) is 10.7 Å². The number of benzene rings is 1. The zero-order valence-electron chi connectivity index (χ0n) is 11.2. The van der Waals surface area contributed by atoms with Gasteiger partial charge in [0.1, 0.15) is 5.82 Å². The lowest BCUT2D eigenvalue weighted by Gasteiger charge is -2.08. The number of nitrogens with zero attached hydrogens (tertiary/aromatic N) is 1. The molecule has 0 fully saturated rings. The molecule has 1 heterocycles. The van der Waals surface area contributed by atoms with Crippen molar-refractivity contribution in [3.8, 4) is 11.1 Å². The van der Waals surface area contributed by atoms with E-state index in [9.17, 15) is 4.39 Å². The summed E-state index contributed by atoms with van der Waals surface area (Å²) in [5.74, 6) is -0.233. The van der Waals surface area contributed by atoms with Gasteiger partial charge in [-0.2, -0.15) is 0 Å². The average Bonchev–Trinajstić information content (AvgIpc) is 2.36. The Morgan fingerprint density at radius 1 is 1.16 bits per heavy atom. The molecule has 0 aliphatic heterocycles. The van der Waals surface area contributed by atoms with E-state index in [1.54, 1.807) is 6.20 Å². The van der Waals surface area contributed by atoms with Gasteiger partial charge in [0, 0.05) is 11.8 Å². The van der Waals surface area contributed by atoms with Crippen molar-refractivity contribution < 1.29 is 4.39 Å². The fraction of sp³-hybridized carbons (Fsp3) is 0.188. The van der Waals surface area contributed by atoms with Crippen molar-refractivity contribution in [1.29, 1.82) is 0 Å². The van der Waals surface area contributed by atoms with E-state index in [4.69, 9.17) is 11.6 Å². The Balaban J connectivity index is 2.50. The fourth-order valence-corrected chi connectivity index (χ4v) is 2.22. The molecule has 0 N–H and O–H groups in total. The van der Waals surface area contributed by atoms with Crippen molar-refractivity contribution in [1.82, 2.24) is 4.98 Å². The van der Waals surface area contributed by atoms with Crippen LogP contribution in [0.4, 0.5) is 4.39 Å². The minimum atomic E-state index is -0.233. The molecule has 19 heavy (non-hydrogen) atoms. The van der Waals surface area contributed by atoms with Crippen molar-refractivity contribution >= 4 is 16.6 Å². The maximum absolute atomic E-state index is 13.4. The molecule has 0 saturated heterocycles. The van der Waals surface area contributed by atoms with E-state index in [1.165, 1.54) is 12.1 Å². The van der Waals surface area contributed by atoms with E-state index < -0.39 is 0 Å². The summed E-state index contributed by atoms with van der Waals surface area (Å²) in [4.78, 5) is 4.36. The van der Waals surface area contributed by atoms with Crippen LogP contribution in [0, 0.1) is 19.7 Å². The van der Waals surface area contributed by atoms with Gasteiger partial charge in [-0.25, -0.2) is 4.39 Å². The number of pyridine rings is 1. The summed E-state index contributed by atoms with van der Waals surface area (Å²) in [6.45, 7) is 5.69. The molecular formula is C16H15ClFN. The van der Waals surface area contributed by atoms with Gasteiger partial charge in [-0.05, 0) is 55.7 Å². The van der Waals surface area contributed by atoms with Crippen molar-refractivity contribution in [3.63, 3.8) is 0 Å². The van der Waals surface area contributed by atoms with Crippen molar-refractivity contribution in [2.45, 2.75) is 20.8 Å². The Hall–Kier alpha value is -1.67. The predicted molar refractivity (Wildman–Crippen MR) is 78.6 cm³/mol. The van der Waals surface area contributed by atoms with Crippen LogP contribution in [0.3, 0.4) is 0 Å². The van der Waals surface area contributed by atoms with Crippen molar-refractivity contribution in [2.24, 2.45) is 0 Å². The molecule has 0 amide bonds. The number of aromatic nitrogens is 1. The lowest BCUT2D eigenvalue weighted by molar-refractivity contribution is 0.627.